The van der Waals surface area contributed by atoms with Gasteiger partial charge in [0.25, 0.3) is 0 Å². The molecule has 0 bridgehead atoms. The molecule has 4 aromatic carbocycles. The van der Waals surface area contributed by atoms with Crippen molar-refractivity contribution in [3.05, 3.63) is 120 Å². The summed E-state index contributed by atoms with van der Waals surface area (Å²) in [5.41, 5.74) is 3.75. The van der Waals surface area contributed by atoms with Crippen molar-refractivity contribution in [2.24, 2.45) is 0 Å². The molecule has 0 heterocycles. The first-order chi connectivity index (χ1) is 16.7. The van der Waals surface area contributed by atoms with E-state index in [4.69, 9.17) is 0 Å². The van der Waals surface area contributed by atoms with Gasteiger partial charge in [0.05, 0.1) is 0 Å². The summed E-state index contributed by atoms with van der Waals surface area (Å²) in [6.07, 6.45) is 0.702. The molecular weight excluding hydrogens is 554 g/mol. The molecule has 0 radical (unpaired) electrons. The van der Waals surface area contributed by atoms with Crippen molar-refractivity contribution in [3.8, 4) is 0 Å². The van der Waals surface area contributed by atoms with Crippen LogP contribution in [0.4, 0.5) is 11.4 Å². The first kappa shape index (κ1) is 24.0. The van der Waals surface area contributed by atoms with Crippen LogP contribution in [0.25, 0.3) is 0 Å². The van der Waals surface area contributed by atoms with E-state index in [9.17, 15) is 9.59 Å². The molecule has 4 rings (SSSR count). The fourth-order valence-electron chi connectivity index (χ4n) is 3.35. The first-order valence-electron chi connectivity index (χ1n) is 10.9. The Morgan fingerprint density at radius 2 is 0.853 bits per heavy atom. The van der Waals surface area contributed by atoms with Crippen LogP contribution in [0.1, 0.15) is 11.1 Å². The van der Waals surface area contributed by atoms with Gasteiger partial charge in [-0.05, 0) is 0 Å². The van der Waals surface area contributed by atoms with Crippen LogP contribution in [0.5, 0.6) is 0 Å². The SMILES string of the molecule is O=C(Cc1ccccc1[Se][Se]c1ccccc1CC(=O)Nc1ccccc1)Nc1ccccc1. The fourth-order valence-corrected chi connectivity index (χ4v) is 10.8. The van der Waals surface area contributed by atoms with E-state index in [0.29, 0.717) is 12.8 Å². The van der Waals surface area contributed by atoms with Gasteiger partial charge in [-0.1, -0.05) is 0 Å². The summed E-state index contributed by atoms with van der Waals surface area (Å²) in [4.78, 5) is 25.2. The van der Waals surface area contributed by atoms with Gasteiger partial charge in [-0.25, -0.2) is 0 Å². The molecule has 0 aliphatic rings. The van der Waals surface area contributed by atoms with Gasteiger partial charge in [0.2, 0.25) is 0 Å². The zero-order chi connectivity index (χ0) is 23.6. The standard InChI is InChI=1S/C28H24N2O2Se2/c31-27(29-23-13-3-1-4-14-23)19-21-11-7-9-17-25(21)33-34-26-18-10-8-12-22(26)20-28(32)30-24-15-5-2-6-16-24/h1-18H,19-20H2,(H,29,31)(H,30,32). The summed E-state index contributed by atoms with van der Waals surface area (Å²) in [6, 6.07) is 35.4. The van der Waals surface area contributed by atoms with Gasteiger partial charge < -0.3 is 0 Å². The van der Waals surface area contributed by atoms with Crippen molar-refractivity contribution < 1.29 is 9.59 Å². The van der Waals surface area contributed by atoms with Gasteiger partial charge in [-0.15, -0.1) is 0 Å². The van der Waals surface area contributed by atoms with Crippen molar-refractivity contribution in [3.63, 3.8) is 0 Å². The average molecular weight is 578 g/mol. The zero-order valence-electron chi connectivity index (χ0n) is 18.4. The second-order valence-corrected chi connectivity index (χ2v) is 13.7. The van der Waals surface area contributed by atoms with Crippen molar-refractivity contribution in [2.75, 3.05) is 10.6 Å². The molecule has 0 aliphatic heterocycles. The molecular formula is C28H24N2O2Se2. The molecule has 0 unspecified atom stereocenters. The van der Waals surface area contributed by atoms with Crippen molar-refractivity contribution >= 4 is 58.4 Å². The minimum absolute atomic E-state index is 0.0140. The molecule has 0 spiro atoms. The van der Waals surface area contributed by atoms with Gasteiger partial charge in [0, 0.05) is 0 Å². The van der Waals surface area contributed by atoms with Crippen molar-refractivity contribution in [1.82, 2.24) is 0 Å². The van der Waals surface area contributed by atoms with E-state index < -0.39 is 0 Å². The molecule has 0 saturated heterocycles. The van der Waals surface area contributed by atoms with E-state index in [1.165, 1.54) is 8.92 Å². The summed E-state index contributed by atoms with van der Waals surface area (Å²) >= 11 is 0.394. The van der Waals surface area contributed by atoms with Crippen molar-refractivity contribution in [1.29, 1.82) is 0 Å². The van der Waals surface area contributed by atoms with Crippen LogP contribution in [0.15, 0.2) is 109 Å². The Labute approximate surface area is 211 Å². The number of hydrogen-bond acceptors (Lipinski definition) is 2. The predicted octanol–water partition coefficient (Wildman–Crippen LogP) is 3.32. The molecule has 0 saturated carbocycles. The second kappa shape index (κ2) is 12.4. The Morgan fingerprint density at radius 3 is 1.26 bits per heavy atom. The summed E-state index contributed by atoms with van der Waals surface area (Å²) in [7, 11) is 0. The molecule has 0 fully saturated rings. The Balaban J connectivity index is 1.39. The number of nitrogens with one attached hydrogen (secondary N) is 2. The summed E-state index contributed by atoms with van der Waals surface area (Å²) < 4.78 is 2.48. The molecule has 0 aliphatic carbocycles. The number of anilines is 2. The molecule has 2 amide bonds. The zero-order valence-corrected chi connectivity index (χ0v) is 21.9. The molecule has 34 heavy (non-hydrogen) atoms. The second-order valence-electron chi connectivity index (χ2n) is 7.56. The van der Waals surface area contributed by atoms with Crippen LogP contribution in [-0.4, -0.2) is 38.1 Å². The molecule has 170 valence electrons. The number of carbonyl (C=O) groups is 2. The minimum atomic E-state index is -0.0140. The van der Waals surface area contributed by atoms with E-state index in [0.717, 1.165) is 22.5 Å². The van der Waals surface area contributed by atoms with Gasteiger partial charge in [-0.3, -0.25) is 0 Å². The summed E-state index contributed by atoms with van der Waals surface area (Å²) in [6.45, 7) is 0. The first-order valence-corrected chi connectivity index (χ1v) is 16.9. The van der Waals surface area contributed by atoms with E-state index in [1.54, 1.807) is 0 Å². The monoisotopic (exact) mass is 580 g/mol. The van der Waals surface area contributed by atoms with Crippen LogP contribution in [0.2, 0.25) is 0 Å². The summed E-state index contributed by atoms with van der Waals surface area (Å²) in [5.74, 6) is -0.0279. The molecule has 4 aromatic rings. The van der Waals surface area contributed by atoms with E-state index in [2.05, 4.69) is 22.8 Å². The number of para-hydroxylation sites is 2. The number of carbonyl (C=O) groups excluding carboxylic acids is 2. The van der Waals surface area contributed by atoms with Crippen LogP contribution in [0, 0.1) is 0 Å². The van der Waals surface area contributed by atoms with Crippen LogP contribution >= 0.6 is 0 Å². The Morgan fingerprint density at radius 1 is 0.500 bits per heavy atom. The van der Waals surface area contributed by atoms with E-state index >= 15 is 0 Å². The maximum absolute atomic E-state index is 12.6. The van der Waals surface area contributed by atoms with Gasteiger partial charge in [0.1, 0.15) is 0 Å². The topological polar surface area (TPSA) is 58.2 Å². The molecule has 0 aromatic heterocycles. The summed E-state index contributed by atoms with van der Waals surface area (Å²) in [5, 5.41) is 5.94. The van der Waals surface area contributed by atoms with Crippen LogP contribution < -0.4 is 19.6 Å². The maximum atomic E-state index is 12.6. The Hall–Kier alpha value is -3.14. The Bertz CT molecular complexity index is 1150. The predicted molar refractivity (Wildman–Crippen MR) is 141 cm³/mol. The Kier molecular flexibility index (Phi) is 8.72. The molecule has 6 heteroatoms. The van der Waals surface area contributed by atoms with E-state index in [-0.39, 0.29) is 38.1 Å². The quantitative estimate of drug-likeness (QED) is 0.300. The van der Waals surface area contributed by atoms with E-state index in [1.807, 2.05) is 97.1 Å². The van der Waals surface area contributed by atoms with Crippen LogP contribution in [0.3, 0.4) is 0 Å². The third-order valence-electron chi connectivity index (χ3n) is 4.98. The number of hydrogen-bond donors (Lipinski definition) is 2. The number of rotatable bonds is 9. The van der Waals surface area contributed by atoms with Crippen molar-refractivity contribution in [2.45, 2.75) is 12.8 Å². The van der Waals surface area contributed by atoms with Gasteiger partial charge >= 0.3 is 212 Å². The molecule has 2 N–H and O–H groups in total. The number of benzene rings is 4. The van der Waals surface area contributed by atoms with Crippen LogP contribution in [-0.2, 0) is 22.4 Å². The number of amides is 2. The van der Waals surface area contributed by atoms with Gasteiger partial charge in [-0.2, -0.15) is 0 Å². The van der Waals surface area contributed by atoms with Gasteiger partial charge in [0.15, 0.2) is 0 Å². The molecule has 4 nitrogen and oxygen atoms in total. The third-order valence-corrected chi connectivity index (χ3v) is 12.4. The normalized spacial score (nSPS) is 10.5. The average Bonchev–Trinajstić information content (AvgIpc) is 2.85. The third kappa shape index (κ3) is 7.18. The fraction of sp³-hybridized carbons (Fsp3) is 0.0714. The molecule has 0 atom stereocenters.